The molecule has 1 aromatic carbocycles. The molecule has 0 radical (unpaired) electrons. The Labute approximate surface area is 180 Å². The van der Waals surface area contributed by atoms with E-state index >= 15 is 0 Å². The molecule has 0 spiro atoms. The van der Waals surface area contributed by atoms with Crippen LogP contribution in [0.5, 0.6) is 0 Å². The number of hydrogen-bond donors (Lipinski definition) is 4. The Kier molecular flexibility index (Phi) is 7.91. The van der Waals surface area contributed by atoms with E-state index in [1.54, 1.807) is 36.4 Å². The zero-order valence-corrected chi connectivity index (χ0v) is 18.0. The lowest BCUT2D eigenvalue weighted by molar-refractivity contribution is -0.131. The summed E-state index contributed by atoms with van der Waals surface area (Å²) in [5, 5.41) is 27.1. The first-order chi connectivity index (χ1) is 14.5. The van der Waals surface area contributed by atoms with Gasteiger partial charge in [-0.3, -0.25) is 14.8 Å². The third-order valence-electron chi connectivity index (χ3n) is 5.17. The van der Waals surface area contributed by atoms with Crippen LogP contribution in [0.4, 0.5) is 0 Å². The van der Waals surface area contributed by atoms with Gasteiger partial charge in [0.05, 0.1) is 12.7 Å². The second-order valence-corrected chi connectivity index (χ2v) is 9.82. The Morgan fingerprint density at radius 1 is 1.23 bits per heavy atom. The van der Waals surface area contributed by atoms with E-state index in [1.165, 1.54) is 35.3 Å². The number of carbonyl (C=O) groups is 1. The van der Waals surface area contributed by atoms with Crippen molar-refractivity contribution < 1.29 is 28.6 Å². The van der Waals surface area contributed by atoms with E-state index in [0.29, 0.717) is 5.56 Å². The molecule has 1 aromatic heterocycles. The number of aliphatic hydroxyl groups is 2. The maximum atomic E-state index is 12.5. The Balaban J connectivity index is 2.19. The largest absolute Gasteiger partial charge is 0.393 e. The molecule has 0 aliphatic carbocycles. The van der Waals surface area contributed by atoms with Crippen LogP contribution in [0.1, 0.15) is 18.9 Å². The van der Waals surface area contributed by atoms with Crippen molar-refractivity contribution in [1.82, 2.24) is 10.0 Å². The highest BCUT2D eigenvalue weighted by Gasteiger charge is 2.43. The molecule has 2 aromatic rings. The molecule has 2 atom stereocenters. The lowest BCUT2D eigenvalue weighted by Gasteiger charge is -2.25. The summed E-state index contributed by atoms with van der Waals surface area (Å²) in [6.07, 6.45) is 4.43. The van der Waals surface area contributed by atoms with E-state index in [2.05, 4.69) is 0 Å². The molecule has 1 amide bonds. The van der Waals surface area contributed by atoms with Gasteiger partial charge >= 0.3 is 0 Å². The normalized spacial score (nSPS) is 14.9. The summed E-state index contributed by atoms with van der Waals surface area (Å²) in [4.78, 5) is 24.4. The first-order valence-electron chi connectivity index (χ1n) is 9.44. The van der Waals surface area contributed by atoms with Crippen LogP contribution < -0.4 is 11.0 Å². The Morgan fingerprint density at radius 3 is 2.39 bits per heavy atom. The van der Waals surface area contributed by atoms with Crippen molar-refractivity contribution in [1.29, 1.82) is 0 Å². The monoisotopic (exact) mass is 450 g/mol. The lowest BCUT2D eigenvalue weighted by atomic mass is 10.0. The number of sulfone groups is 1. The highest BCUT2D eigenvalue weighted by Crippen LogP contribution is 2.23. The highest BCUT2D eigenvalue weighted by atomic mass is 32.2. The number of aryl methyl sites for hydroxylation is 1. The topological polar surface area (TPSA) is 146 Å². The number of amides is 1. The van der Waals surface area contributed by atoms with E-state index in [-0.39, 0.29) is 25.1 Å². The van der Waals surface area contributed by atoms with Gasteiger partial charge < -0.3 is 14.8 Å². The maximum Gasteiger partial charge on any atom is 0.264 e. The van der Waals surface area contributed by atoms with Crippen molar-refractivity contribution in [2.45, 2.75) is 30.7 Å². The van der Waals surface area contributed by atoms with Crippen molar-refractivity contribution in [3.63, 3.8) is 0 Å². The van der Waals surface area contributed by atoms with Gasteiger partial charge in [-0.1, -0.05) is 36.4 Å². The number of benzene rings is 1. The second-order valence-electron chi connectivity index (χ2n) is 7.37. The number of hydrogen-bond acceptors (Lipinski definition) is 7. The van der Waals surface area contributed by atoms with Gasteiger partial charge in [-0.25, -0.2) is 13.9 Å². The molecule has 0 saturated carbocycles. The number of aliphatic hydroxyl groups excluding tert-OH is 2. The molecule has 0 bridgehead atoms. The molecule has 4 N–H and O–H groups in total. The number of aromatic nitrogens is 1. The Hall–Kier alpha value is -2.79. The van der Waals surface area contributed by atoms with Crippen LogP contribution in [0.3, 0.4) is 0 Å². The molecule has 168 valence electrons. The van der Waals surface area contributed by atoms with Gasteiger partial charge in [-0.05, 0) is 36.1 Å². The Bertz CT molecular complexity index is 1110. The fourth-order valence-corrected chi connectivity index (χ4v) is 3.71. The molecule has 1 heterocycles. The van der Waals surface area contributed by atoms with Gasteiger partial charge in [0.2, 0.25) is 0 Å². The summed E-state index contributed by atoms with van der Waals surface area (Å²) in [5.74, 6) is -1.06. The fraction of sp³-hybridized carbons (Fsp3) is 0.333. The third-order valence-corrected chi connectivity index (χ3v) is 7.19. The summed E-state index contributed by atoms with van der Waals surface area (Å²) in [6, 6.07) is 10.3. The number of nitrogens with one attached hydrogen (secondary N) is 1. The first-order valence-corrected chi connectivity index (χ1v) is 11.3. The lowest BCUT2D eigenvalue weighted by Crippen LogP contribution is -2.49. The van der Waals surface area contributed by atoms with Gasteiger partial charge in [-0.15, -0.1) is 0 Å². The molecule has 0 fully saturated rings. The van der Waals surface area contributed by atoms with Crippen LogP contribution >= 0.6 is 0 Å². The minimum atomic E-state index is -3.85. The molecule has 9 nitrogen and oxygen atoms in total. The average Bonchev–Trinajstić information content (AvgIpc) is 2.75. The number of rotatable bonds is 9. The number of nitrogens with zero attached hydrogens (tertiary/aromatic N) is 1. The third kappa shape index (κ3) is 5.88. The zero-order valence-electron chi connectivity index (χ0n) is 17.2. The van der Waals surface area contributed by atoms with E-state index in [0.717, 1.165) is 17.4 Å². The first kappa shape index (κ1) is 24.5. The van der Waals surface area contributed by atoms with Gasteiger partial charge in [0.25, 0.3) is 11.5 Å². The average molecular weight is 451 g/mol. The van der Waals surface area contributed by atoms with Crippen molar-refractivity contribution in [3.05, 3.63) is 64.6 Å². The van der Waals surface area contributed by atoms with E-state index in [4.69, 9.17) is 10.3 Å². The van der Waals surface area contributed by atoms with Crippen molar-refractivity contribution in [2.75, 3.05) is 12.9 Å². The summed E-state index contributed by atoms with van der Waals surface area (Å²) in [6.45, 7) is 0.800. The predicted octanol–water partition coefficient (Wildman–Crippen LogP) is 0.580. The van der Waals surface area contributed by atoms with E-state index in [1.807, 2.05) is 0 Å². The molecule has 10 heteroatoms. The van der Waals surface area contributed by atoms with Gasteiger partial charge in [0, 0.05) is 25.1 Å². The smallest absolute Gasteiger partial charge is 0.264 e. The highest BCUT2D eigenvalue weighted by molar-refractivity contribution is 7.92. The van der Waals surface area contributed by atoms with Crippen molar-refractivity contribution in [2.24, 2.45) is 0 Å². The summed E-state index contributed by atoms with van der Waals surface area (Å²) in [5.41, 5.74) is 3.26. The predicted molar refractivity (Wildman–Crippen MR) is 116 cm³/mol. The molecule has 0 aliphatic rings. The number of hydroxylamine groups is 1. The molecule has 0 saturated heterocycles. The Morgan fingerprint density at radius 2 is 1.87 bits per heavy atom. The molecule has 31 heavy (non-hydrogen) atoms. The quantitative estimate of drug-likeness (QED) is 0.323. The maximum absolute atomic E-state index is 12.5. The van der Waals surface area contributed by atoms with E-state index in [9.17, 15) is 23.1 Å². The fourth-order valence-electron chi connectivity index (χ4n) is 2.86. The minimum absolute atomic E-state index is 0.0347. The van der Waals surface area contributed by atoms with Crippen LogP contribution in [0.15, 0.2) is 53.5 Å². The van der Waals surface area contributed by atoms with Gasteiger partial charge in [-0.2, -0.15) is 0 Å². The van der Waals surface area contributed by atoms with Crippen LogP contribution in [0.2, 0.25) is 0 Å². The van der Waals surface area contributed by atoms with Gasteiger partial charge in [0.15, 0.2) is 14.6 Å². The molecule has 2 unspecified atom stereocenters. The summed E-state index contributed by atoms with van der Waals surface area (Å²) >= 11 is 0. The minimum Gasteiger partial charge on any atom is -0.393 e. The molecular weight excluding hydrogens is 424 g/mol. The van der Waals surface area contributed by atoms with Crippen LogP contribution in [0, 0.1) is 0 Å². The van der Waals surface area contributed by atoms with Crippen LogP contribution in [-0.2, 0) is 21.2 Å². The number of pyridine rings is 1. The second kappa shape index (κ2) is 10.0. The molecule has 0 aliphatic heterocycles. The molecule has 2 rings (SSSR count). The molecular formula is C21H26N2O7S. The van der Waals surface area contributed by atoms with Gasteiger partial charge in [0.1, 0.15) is 0 Å². The van der Waals surface area contributed by atoms with Crippen LogP contribution in [0.25, 0.3) is 17.2 Å². The summed E-state index contributed by atoms with van der Waals surface area (Å²) in [7, 11) is -3.85. The summed E-state index contributed by atoms with van der Waals surface area (Å²) < 4.78 is 23.5. The SMILES string of the molecule is CC(CCn1ccc(-c2ccc(/C=C/C(O)CO)cc2)cc1=O)(C(=O)NO)S(C)(=O)=O. The van der Waals surface area contributed by atoms with Crippen molar-refractivity contribution in [3.8, 4) is 11.1 Å². The number of carbonyl (C=O) groups excluding carboxylic acids is 1. The zero-order chi connectivity index (χ0) is 23.2. The standard InChI is InChI=1S/C21H26N2O7S/c1-21(20(27)22-28,31(2,29)30)10-12-23-11-9-17(13-19(23)26)16-6-3-15(4-7-16)5-8-18(25)14-24/h3-9,11,13,18,24-25,28H,10,12,14H2,1-2H3,(H,22,27)/b8-5+. The van der Waals surface area contributed by atoms with Crippen LogP contribution in [-0.4, -0.2) is 58.0 Å². The van der Waals surface area contributed by atoms with E-state index < -0.39 is 26.6 Å². The van der Waals surface area contributed by atoms with Crippen molar-refractivity contribution >= 4 is 21.8 Å².